The third-order valence-electron chi connectivity index (χ3n) is 6.69. The van der Waals surface area contributed by atoms with Crippen molar-refractivity contribution in [3.63, 3.8) is 0 Å². The Morgan fingerprint density at radius 3 is 2.34 bits per heavy atom. The van der Waals surface area contributed by atoms with E-state index in [0.29, 0.717) is 5.69 Å². The largest absolute Gasteiger partial charge is 0.454 e. The molecule has 2 saturated carbocycles. The van der Waals surface area contributed by atoms with Crippen LogP contribution in [0.2, 0.25) is 0 Å². The van der Waals surface area contributed by atoms with E-state index in [0.717, 1.165) is 35.3 Å². The smallest absolute Gasteiger partial charge is 0.329 e. The minimum Gasteiger partial charge on any atom is -0.454 e. The van der Waals surface area contributed by atoms with Crippen LogP contribution < -0.4 is 5.32 Å². The maximum atomic E-state index is 12.8. The predicted octanol–water partition coefficient (Wildman–Crippen LogP) is 2.20. The summed E-state index contributed by atoms with van der Waals surface area (Å²) in [7, 11) is 0. The van der Waals surface area contributed by atoms with E-state index >= 15 is 0 Å². The lowest BCUT2D eigenvalue weighted by Crippen LogP contribution is -2.45. The zero-order chi connectivity index (χ0) is 20.9. The number of ether oxygens (including phenoxy) is 1. The number of hydrogen-bond acceptors (Lipinski definition) is 5. The van der Waals surface area contributed by atoms with Crippen LogP contribution in [0.25, 0.3) is 0 Å². The molecule has 0 radical (unpaired) electrons. The average molecular weight is 398 g/mol. The minimum absolute atomic E-state index is 0.253. The molecular formula is C22H26N2O5. The molecule has 1 aromatic carbocycles. The highest BCUT2D eigenvalue weighted by molar-refractivity contribution is 6.08. The zero-order valence-corrected chi connectivity index (χ0v) is 16.9. The van der Waals surface area contributed by atoms with Gasteiger partial charge in [0, 0.05) is 5.69 Å². The summed E-state index contributed by atoms with van der Waals surface area (Å²) < 4.78 is 5.10. The highest BCUT2D eigenvalue weighted by Crippen LogP contribution is 2.56. The first-order chi connectivity index (χ1) is 13.8. The molecule has 0 spiro atoms. The first-order valence-electron chi connectivity index (χ1n) is 10.2. The van der Waals surface area contributed by atoms with Crippen LogP contribution in [0.15, 0.2) is 18.2 Å². The number of nitrogens with one attached hydrogen (secondary N) is 1. The van der Waals surface area contributed by atoms with Gasteiger partial charge in [-0.25, -0.2) is 4.79 Å². The Morgan fingerprint density at radius 2 is 1.76 bits per heavy atom. The van der Waals surface area contributed by atoms with Gasteiger partial charge >= 0.3 is 5.97 Å². The van der Waals surface area contributed by atoms with Crippen LogP contribution in [0, 0.1) is 37.5 Å². The quantitative estimate of drug-likeness (QED) is 0.606. The van der Waals surface area contributed by atoms with Crippen LogP contribution in [0.3, 0.4) is 0 Å². The Morgan fingerprint density at radius 1 is 1.14 bits per heavy atom. The third-order valence-corrected chi connectivity index (χ3v) is 6.69. The van der Waals surface area contributed by atoms with Gasteiger partial charge in [-0.05, 0) is 63.5 Å². The molecule has 1 aliphatic heterocycles. The van der Waals surface area contributed by atoms with E-state index in [2.05, 4.69) is 5.32 Å². The molecule has 1 aromatic rings. The number of nitrogens with zero attached hydrogens (tertiary/aromatic N) is 1. The molecule has 29 heavy (non-hydrogen) atoms. The van der Waals surface area contributed by atoms with Crippen LogP contribution in [0.1, 0.15) is 37.3 Å². The van der Waals surface area contributed by atoms with Crippen molar-refractivity contribution >= 4 is 29.4 Å². The van der Waals surface area contributed by atoms with Crippen LogP contribution in [-0.4, -0.2) is 41.2 Å². The first-order valence-corrected chi connectivity index (χ1v) is 10.2. The number of imide groups is 1. The maximum Gasteiger partial charge on any atom is 0.329 e. The minimum atomic E-state index is -1.02. The Hall–Kier alpha value is -2.70. The Labute approximate surface area is 169 Å². The summed E-state index contributed by atoms with van der Waals surface area (Å²) in [6.45, 7) is 4.86. The van der Waals surface area contributed by atoms with Crippen molar-refractivity contribution in [1.82, 2.24) is 4.90 Å². The molecule has 7 nitrogen and oxygen atoms in total. The molecule has 0 unspecified atom stereocenters. The van der Waals surface area contributed by atoms with E-state index in [1.807, 2.05) is 26.0 Å². The number of amides is 3. The van der Waals surface area contributed by atoms with E-state index in [1.54, 1.807) is 6.07 Å². The summed E-state index contributed by atoms with van der Waals surface area (Å²) in [6, 6.07) is 4.60. The summed E-state index contributed by atoms with van der Waals surface area (Å²) in [5, 5.41) is 2.71. The lowest BCUT2D eigenvalue weighted by molar-refractivity contribution is -0.159. The molecular weight excluding hydrogens is 372 g/mol. The molecule has 1 N–H and O–H groups in total. The number of benzene rings is 1. The highest BCUT2D eigenvalue weighted by Gasteiger charge is 2.62. The van der Waals surface area contributed by atoms with Crippen molar-refractivity contribution in [3.05, 3.63) is 29.3 Å². The molecule has 154 valence electrons. The molecule has 4 rings (SSSR count). The molecule has 5 atom stereocenters. The highest BCUT2D eigenvalue weighted by atomic mass is 16.5. The standard InChI is InChI=1S/C22H26N2O5/c1-11-4-7-16(12(2)8-11)23-17(25)10-29-22(28)13(3)24-20(26)18-14-5-6-15(9-14)19(18)21(24)27/h4,7-8,13-15,18-19H,5-6,9-10H2,1-3H3,(H,23,25)/t13-,14+,15+,18-,19+/m1/s1. The van der Waals surface area contributed by atoms with E-state index in [-0.39, 0.29) is 35.5 Å². The van der Waals surface area contributed by atoms with Crippen molar-refractivity contribution in [2.45, 2.75) is 46.1 Å². The molecule has 2 bridgehead atoms. The number of carbonyl (C=O) groups is 4. The van der Waals surface area contributed by atoms with Gasteiger partial charge < -0.3 is 10.1 Å². The number of hydrogen-bond donors (Lipinski definition) is 1. The molecule has 2 aliphatic carbocycles. The molecule has 0 aromatic heterocycles. The number of anilines is 1. The Balaban J connectivity index is 1.34. The molecule has 3 amide bonds. The summed E-state index contributed by atoms with van der Waals surface area (Å²) >= 11 is 0. The van der Waals surface area contributed by atoms with Gasteiger partial charge in [0.15, 0.2) is 6.61 Å². The van der Waals surface area contributed by atoms with Gasteiger partial charge in [-0.3, -0.25) is 19.3 Å². The van der Waals surface area contributed by atoms with Gasteiger partial charge in [0.2, 0.25) is 11.8 Å². The van der Waals surface area contributed by atoms with Gasteiger partial charge in [-0.2, -0.15) is 0 Å². The summed E-state index contributed by atoms with van der Waals surface area (Å²) in [5.41, 5.74) is 2.64. The second kappa shape index (κ2) is 7.28. The fourth-order valence-electron chi connectivity index (χ4n) is 5.32. The topological polar surface area (TPSA) is 92.8 Å². The van der Waals surface area contributed by atoms with Crippen molar-refractivity contribution < 1.29 is 23.9 Å². The van der Waals surface area contributed by atoms with Crippen LogP contribution in [0.5, 0.6) is 0 Å². The van der Waals surface area contributed by atoms with E-state index in [1.165, 1.54) is 6.92 Å². The van der Waals surface area contributed by atoms with Crippen LogP contribution >= 0.6 is 0 Å². The number of carbonyl (C=O) groups excluding carboxylic acids is 4. The van der Waals surface area contributed by atoms with Crippen molar-refractivity contribution in [1.29, 1.82) is 0 Å². The second-order valence-corrected chi connectivity index (χ2v) is 8.58. The SMILES string of the molecule is Cc1ccc(NC(=O)COC(=O)[C@@H](C)N2C(=O)[C@@H]3[C@H]4CC[C@@H](C4)[C@@H]3C2=O)c(C)c1. The number of fused-ring (bicyclic) bond motifs is 5. The van der Waals surface area contributed by atoms with Gasteiger partial charge in [-0.15, -0.1) is 0 Å². The zero-order valence-electron chi connectivity index (χ0n) is 16.9. The summed E-state index contributed by atoms with van der Waals surface area (Å²) in [4.78, 5) is 51.2. The van der Waals surface area contributed by atoms with Crippen LogP contribution in [0.4, 0.5) is 5.69 Å². The van der Waals surface area contributed by atoms with Gasteiger partial charge in [-0.1, -0.05) is 17.7 Å². The number of rotatable bonds is 5. The van der Waals surface area contributed by atoms with Gasteiger partial charge in [0.25, 0.3) is 5.91 Å². The van der Waals surface area contributed by atoms with Crippen molar-refractivity contribution in [3.8, 4) is 0 Å². The predicted molar refractivity (Wildman–Crippen MR) is 105 cm³/mol. The summed E-state index contributed by atoms with van der Waals surface area (Å²) in [5.74, 6) is -1.74. The normalized spacial score (nSPS) is 28.4. The molecule has 1 saturated heterocycles. The Kier molecular flexibility index (Phi) is 4.92. The second-order valence-electron chi connectivity index (χ2n) is 8.58. The van der Waals surface area contributed by atoms with E-state index in [4.69, 9.17) is 4.74 Å². The van der Waals surface area contributed by atoms with Gasteiger partial charge in [0.05, 0.1) is 11.8 Å². The lowest BCUT2D eigenvalue weighted by Gasteiger charge is -2.23. The first kappa shape index (κ1) is 19.6. The monoisotopic (exact) mass is 398 g/mol. The van der Waals surface area contributed by atoms with E-state index < -0.39 is 24.5 Å². The number of likely N-dealkylation sites (tertiary alicyclic amines) is 1. The molecule has 3 aliphatic rings. The molecule has 7 heteroatoms. The Bertz CT molecular complexity index is 867. The summed E-state index contributed by atoms with van der Waals surface area (Å²) in [6.07, 6.45) is 2.91. The van der Waals surface area contributed by atoms with Crippen molar-refractivity contribution in [2.24, 2.45) is 23.7 Å². The molecule has 3 fully saturated rings. The fraction of sp³-hybridized carbons (Fsp3) is 0.545. The number of aryl methyl sites for hydroxylation is 2. The van der Waals surface area contributed by atoms with E-state index in [9.17, 15) is 19.2 Å². The van der Waals surface area contributed by atoms with Gasteiger partial charge in [0.1, 0.15) is 6.04 Å². The fourth-order valence-corrected chi connectivity index (χ4v) is 5.32. The number of esters is 1. The molecule has 1 heterocycles. The van der Waals surface area contributed by atoms with Crippen LogP contribution in [-0.2, 0) is 23.9 Å². The van der Waals surface area contributed by atoms with Crippen molar-refractivity contribution in [2.75, 3.05) is 11.9 Å². The maximum absolute atomic E-state index is 12.8. The third kappa shape index (κ3) is 3.32. The average Bonchev–Trinajstić information content (AvgIpc) is 3.35. The lowest BCUT2D eigenvalue weighted by atomic mass is 9.81.